The summed E-state index contributed by atoms with van der Waals surface area (Å²) in [5.41, 5.74) is 3.93. The Morgan fingerprint density at radius 2 is 1.78 bits per heavy atom. The highest BCUT2D eigenvalue weighted by atomic mass is 32.2. The Kier molecular flexibility index (Phi) is 8.20. The van der Waals surface area contributed by atoms with Crippen molar-refractivity contribution in [3.05, 3.63) is 94.5 Å². The first-order valence-electron chi connectivity index (χ1n) is 15.4. The van der Waals surface area contributed by atoms with E-state index in [0.717, 1.165) is 24.3 Å². The molecule has 2 saturated heterocycles. The molecule has 1 atom stereocenters. The second-order valence-electron chi connectivity index (χ2n) is 11.9. The molecule has 5 heterocycles. The molecule has 2 aliphatic rings. The molecule has 0 saturated carbocycles. The van der Waals surface area contributed by atoms with Crippen molar-refractivity contribution in [3.8, 4) is 16.9 Å². The lowest BCUT2D eigenvalue weighted by Gasteiger charge is -2.30. The first-order valence-corrected chi connectivity index (χ1v) is 17.0. The average Bonchev–Trinajstić information content (AvgIpc) is 3.47. The van der Waals surface area contributed by atoms with Gasteiger partial charge in [0.05, 0.1) is 39.8 Å². The zero-order valence-electron chi connectivity index (χ0n) is 25.8. The minimum atomic E-state index is -3.61. The number of nitrogens with zero attached hydrogens (tertiary/aromatic N) is 4. The highest BCUT2D eigenvalue weighted by molar-refractivity contribution is 7.92. The molecule has 0 aliphatic carbocycles. The van der Waals surface area contributed by atoms with Gasteiger partial charge in [0.25, 0.3) is 5.56 Å². The van der Waals surface area contributed by atoms with E-state index in [0.29, 0.717) is 72.2 Å². The number of hydrogen-bond acceptors (Lipinski definition) is 9. The first kappa shape index (κ1) is 30.3. The second kappa shape index (κ2) is 12.4. The molecule has 1 unspecified atom stereocenters. The van der Waals surface area contributed by atoms with Crippen LogP contribution in [0.25, 0.3) is 28.0 Å². The Morgan fingerprint density at radius 1 is 1.02 bits per heavy atom. The van der Waals surface area contributed by atoms with Crippen LogP contribution in [0.3, 0.4) is 0 Å². The van der Waals surface area contributed by atoms with E-state index in [9.17, 15) is 13.2 Å². The summed E-state index contributed by atoms with van der Waals surface area (Å²) < 4.78 is 40.0. The van der Waals surface area contributed by atoms with E-state index in [1.54, 1.807) is 23.8 Å². The number of H-pyrrole nitrogens is 1. The largest absolute Gasteiger partial charge is 0.381 e. The lowest BCUT2D eigenvalue weighted by molar-refractivity contribution is -0.0208. The smallest absolute Gasteiger partial charge is 0.266 e. The third-order valence-corrected chi connectivity index (χ3v) is 11.2. The van der Waals surface area contributed by atoms with Crippen molar-refractivity contribution in [1.82, 2.24) is 24.4 Å². The van der Waals surface area contributed by atoms with Crippen molar-refractivity contribution in [2.75, 3.05) is 45.3 Å². The van der Waals surface area contributed by atoms with Gasteiger partial charge in [0, 0.05) is 49.8 Å². The lowest BCUT2D eigenvalue weighted by Crippen LogP contribution is -2.35. The maximum absolute atomic E-state index is 14.3. The maximum Gasteiger partial charge on any atom is 0.266 e. The fourth-order valence-electron chi connectivity index (χ4n) is 6.26. The number of benzene rings is 2. The monoisotopic (exact) mass is 640 g/mol. The number of ether oxygens (including phenoxy) is 2. The SMILES string of the molecule is Cc1c(S(=O)(=O)C2CCOCC2)c[nH]c1-c1cc2cnc(Nc3ccc(C4CN(C)CCO4)cc3)nc2n(-c2ccccc2)c1=O. The molecule has 12 heteroatoms. The molecular formula is C34H36N6O5S. The van der Waals surface area contributed by atoms with E-state index < -0.39 is 15.1 Å². The van der Waals surface area contributed by atoms with Crippen LogP contribution in [0, 0.1) is 6.92 Å². The van der Waals surface area contributed by atoms with Crippen molar-refractivity contribution in [3.63, 3.8) is 0 Å². The van der Waals surface area contributed by atoms with Gasteiger partial charge in [-0.05, 0) is 68.3 Å². The summed E-state index contributed by atoms with van der Waals surface area (Å²) in [7, 11) is -1.51. The molecule has 46 heavy (non-hydrogen) atoms. The second-order valence-corrected chi connectivity index (χ2v) is 14.1. The van der Waals surface area contributed by atoms with E-state index in [1.807, 2.05) is 54.6 Å². The number of hydrogen-bond donors (Lipinski definition) is 2. The van der Waals surface area contributed by atoms with Gasteiger partial charge in [-0.2, -0.15) is 4.98 Å². The number of morpholine rings is 1. The van der Waals surface area contributed by atoms with Crippen molar-refractivity contribution in [2.24, 2.45) is 0 Å². The molecule has 0 bridgehead atoms. The molecule has 2 N–H and O–H groups in total. The van der Waals surface area contributed by atoms with Crippen molar-refractivity contribution in [1.29, 1.82) is 0 Å². The molecule has 2 aromatic carbocycles. The average molecular weight is 641 g/mol. The van der Waals surface area contributed by atoms with Gasteiger partial charge in [-0.15, -0.1) is 0 Å². The number of fused-ring (bicyclic) bond motifs is 1. The van der Waals surface area contributed by atoms with E-state index in [2.05, 4.69) is 27.2 Å². The van der Waals surface area contributed by atoms with E-state index in [1.165, 1.54) is 6.20 Å². The quantitative estimate of drug-likeness (QED) is 0.258. The third-order valence-electron chi connectivity index (χ3n) is 8.84. The van der Waals surface area contributed by atoms with E-state index in [4.69, 9.17) is 14.5 Å². The summed E-state index contributed by atoms with van der Waals surface area (Å²) in [6.07, 6.45) is 4.10. The van der Waals surface area contributed by atoms with Gasteiger partial charge in [-0.1, -0.05) is 30.3 Å². The standard InChI is InChI=1S/C34H36N6O5S/c1-22-30(46(42,43)27-12-15-44-16-13-27)20-35-31(22)28-18-24-19-36-34(38-32(24)40(33(28)41)26-6-4-3-5-7-26)37-25-10-8-23(9-11-25)29-21-39(2)14-17-45-29/h3-11,18-20,27,29,35H,12-17,21H2,1-2H3,(H,36,37,38). The normalized spacial score (nSPS) is 18.2. The third kappa shape index (κ3) is 5.73. The molecule has 7 rings (SSSR count). The number of nitrogens with one attached hydrogen (secondary N) is 2. The molecule has 3 aromatic heterocycles. The van der Waals surface area contributed by atoms with Crippen molar-refractivity contribution < 1.29 is 17.9 Å². The van der Waals surface area contributed by atoms with Gasteiger partial charge in [-0.3, -0.25) is 9.36 Å². The Morgan fingerprint density at radius 3 is 2.52 bits per heavy atom. The highest BCUT2D eigenvalue weighted by Crippen LogP contribution is 2.32. The molecule has 5 aromatic rings. The minimum Gasteiger partial charge on any atom is -0.381 e. The number of aromatic amines is 1. The van der Waals surface area contributed by atoms with E-state index >= 15 is 0 Å². The number of pyridine rings is 1. The summed E-state index contributed by atoms with van der Waals surface area (Å²) >= 11 is 0. The molecule has 2 fully saturated rings. The maximum atomic E-state index is 14.3. The fourth-order valence-corrected chi connectivity index (χ4v) is 8.19. The van der Waals surface area contributed by atoms with Gasteiger partial charge in [0.1, 0.15) is 0 Å². The van der Waals surface area contributed by atoms with Crippen molar-refractivity contribution >= 4 is 32.5 Å². The lowest BCUT2D eigenvalue weighted by atomic mass is 10.1. The number of likely N-dealkylation sites (N-methyl/N-ethyl adjacent to an activating group) is 1. The number of rotatable bonds is 7. The van der Waals surface area contributed by atoms with Crippen LogP contribution in [0.1, 0.15) is 30.1 Å². The predicted octanol–water partition coefficient (Wildman–Crippen LogP) is 4.78. The van der Waals surface area contributed by atoms with Crippen LogP contribution in [-0.2, 0) is 19.3 Å². The molecular weight excluding hydrogens is 604 g/mol. The predicted molar refractivity (Wildman–Crippen MR) is 177 cm³/mol. The molecule has 11 nitrogen and oxygen atoms in total. The van der Waals surface area contributed by atoms with Crippen LogP contribution in [0.15, 0.2) is 82.7 Å². The first-order chi connectivity index (χ1) is 22.3. The Balaban J connectivity index is 1.26. The number of para-hydroxylation sites is 1. The summed E-state index contributed by atoms with van der Waals surface area (Å²) in [6.45, 7) is 5.05. The van der Waals surface area contributed by atoms with Gasteiger partial charge in [-0.25, -0.2) is 13.4 Å². The summed E-state index contributed by atoms with van der Waals surface area (Å²) in [4.78, 5) is 29.2. The Labute approximate surface area is 267 Å². The van der Waals surface area contributed by atoms with Crippen molar-refractivity contribution in [2.45, 2.75) is 36.0 Å². The Bertz CT molecular complexity index is 2040. The van der Waals surface area contributed by atoms with Crippen LogP contribution < -0.4 is 10.9 Å². The van der Waals surface area contributed by atoms with Crippen LogP contribution in [0.5, 0.6) is 0 Å². The van der Waals surface area contributed by atoms with Gasteiger partial charge in [0.2, 0.25) is 5.95 Å². The minimum absolute atomic E-state index is 0.0283. The fraction of sp³-hybridized carbons (Fsp3) is 0.324. The Hall–Kier alpha value is -4.36. The highest BCUT2D eigenvalue weighted by Gasteiger charge is 2.32. The van der Waals surface area contributed by atoms with Crippen LogP contribution in [0.2, 0.25) is 0 Å². The summed E-state index contributed by atoms with van der Waals surface area (Å²) in [5, 5.41) is 3.38. The molecule has 0 spiro atoms. The van der Waals surface area contributed by atoms with Crippen LogP contribution in [-0.4, -0.2) is 78.0 Å². The molecule has 2 aliphatic heterocycles. The number of anilines is 2. The van der Waals surface area contributed by atoms with Crippen LogP contribution >= 0.6 is 0 Å². The summed E-state index contributed by atoms with van der Waals surface area (Å²) in [5.74, 6) is 0.339. The number of aromatic nitrogens is 4. The van der Waals surface area contributed by atoms with Crippen LogP contribution in [0.4, 0.5) is 11.6 Å². The topological polar surface area (TPSA) is 131 Å². The number of sulfone groups is 1. The van der Waals surface area contributed by atoms with Gasteiger partial charge in [0.15, 0.2) is 15.5 Å². The molecule has 238 valence electrons. The molecule has 0 amide bonds. The van der Waals surface area contributed by atoms with E-state index in [-0.39, 0.29) is 16.6 Å². The van der Waals surface area contributed by atoms with Gasteiger partial charge < -0.3 is 24.7 Å². The zero-order chi connectivity index (χ0) is 31.8. The summed E-state index contributed by atoms with van der Waals surface area (Å²) in [6, 6.07) is 19.0. The molecule has 0 radical (unpaired) electrons. The van der Waals surface area contributed by atoms with Gasteiger partial charge >= 0.3 is 0 Å². The zero-order valence-corrected chi connectivity index (χ0v) is 26.6.